The first-order chi connectivity index (χ1) is 9.29. The predicted octanol–water partition coefficient (Wildman–Crippen LogP) is 1.45. The standard InChI is InChI=1S/C15H20N2O2/c1-19-11-8-13(17-9-11)15(18)12-6-2-4-10-5-3-7-16-14(10)12/h3,5,7,11-13,17H,2,4,6,8-9H2,1H3. The van der Waals surface area contributed by atoms with Crippen LogP contribution in [0.1, 0.15) is 36.4 Å². The Morgan fingerprint density at radius 1 is 1.53 bits per heavy atom. The molecule has 1 N–H and O–H groups in total. The zero-order chi connectivity index (χ0) is 13.2. The first kappa shape index (κ1) is 12.8. The molecule has 19 heavy (non-hydrogen) atoms. The Morgan fingerprint density at radius 3 is 3.21 bits per heavy atom. The number of carbonyl (C=O) groups excluding carboxylic acids is 1. The van der Waals surface area contributed by atoms with Crippen molar-refractivity contribution in [1.29, 1.82) is 0 Å². The highest BCUT2D eigenvalue weighted by molar-refractivity contribution is 5.90. The number of nitrogens with one attached hydrogen (secondary N) is 1. The average Bonchev–Trinajstić information content (AvgIpc) is 2.95. The van der Waals surface area contributed by atoms with Crippen molar-refractivity contribution in [2.45, 2.75) is 43.7 Å². The number of ketones is 1. The van der Waals surface area contributed by atoms with Gasteiger partial charge in [0.15, 0.2) is 5.78 Å². The minimum absolute atomic E-state index is 0.0296. The topological polar surface area (TPSA) is 51.2 Å². The highest BCUT2D eigenvalue weighted by Crippen LogP contribution is 2.32. The third kappa shape index (κ3) is 2.42. The van der Waals surface area contributed by atoms with Crippen LogP contribution in [0.4, 0.5) is 0 Å². The molecular weight excluding hydrogens is 240 g/mol. The minimum Gasteiger partial charge on any atom is -0.380 e. The molecule has 2 aliphatic rings. The lowest BCUT2D eigenvalue weighted by molar-refractivity contribution is -0.122. The molecule has 2 heterocycles. The number of fused-ring (bicyclic) bond motifs is 1. The van der Waals surface area contributed by atoms with Gasteiger partial charge in [0.1, 0.15) is 0 Å². The maximum Gasteiger partial charge on any atom is 0.158 e. The number of rotatable bonds is 3. The molecule has 0 saturated carbocycles. The number of nitrogens with zero attached hydrogens (tertiary/aromatic N) is 1. The van der Waals surface area contributed by atoms with Crippen molar-refractivity contribution in [3.8, 4) is 0 Å². The quantitative estimate of drug-likeness (QED) is 0.893. The van der Waals surface area contributed by atoms with Crippen LogP contribution in [-0.4, -0.2) is 36.6 Å². The van der Waals surface area contributed by atoms with E-state index in [1.165, 1.54) is 5.56 Å². The Hall–Kier alpha value is -1.26. The van der Waals surface area contributed by atoms with Gasteiger partial charge >= 0.3 is 0 Å². The van der Waals surface area contributed by atoms with Crippen molar-refractivity contribution < 1.29 is 9.53 Å². The normalized spacial score (nSPS) is 30.1. The second-order valence-corrected chi connectivity index (χ2v) is 5.45. The third-order valence-corrected chi connectivity index (χ3v) is 4.31. The fraction of sp³-hybridized carbons (Fsp3) is 0.600. The summed E-state index contributed by atoms with van der Waals surface area (Å²) < 4.78 is 5.32. The van der Waals surface area contributed by atoms with Gasteiger partial charge in [0.2, 0.25) is 0 Å². The SMILES string of the molecule is COC1CNC(C(=O)C2CCCc3cccnc32)C1. The van der Waals surface area contributed by atoms with E-state index in [0.29, 0.717) is 5.78 Å². The second kappa shape index (κ2) is 5.39. The fourth-order valence-electron chi connectivity index (χ4n) is 3.23. The van der Waals surface area contributed by atoms with Crippen LogP contribution in [-0.2, 0) is 16.0 Å². The number of Topliss-reactive ketones (excluding diaryl/α,β-unsaturated/α-hetero) is 1. The van der Waals surface area contributed by atoms with Crippen LogP contribution in [0, 0.1) is 0 Å². The van der Waals surface area contributed by atoms with Gasteiger partial charge in [-0.15, -0.1) is 0 Å². The number of hydrogen-bond acceptors (Lipinski definition) is 4. The summed E-state index contributed by atoms with van der Waals surface area (Å²) in [6.45, 7) is 0.773. The average molecular weight is 260 g/mol. The molecule has 1 aliphatic heterocycles. The maximum absolute atomic E-state index is 12.7. The van der Waals surface area contributed by atoms with Gasteiger partial charge in [-0.05, 0) is 37.3 Å². The van der Waals surface area contributed by atoms with Gasteiger partial charge in [-0.1, -0.05) is 6.07 Å². The van der Waals surface area contributed by atoms with Gasteiger partial charge < -0.3 is 10.1 Å². The van der Waals surface area contributed by atoms with E-state index in [9.17, 15) is 4.79 Å². The summed E-state index contributed by atoms with van der Waals surface area (Å²) in [4.78, 5) is 17.1. The van der Waals surface area contributed by atoms with Crippen LogP contribution in [0.15, 0.2) is 18.3 Å². The van der Waals surface area contributed by atoms with E-state index in [1.807, 2.05) is 6.07 Å². The molecule has 1 saturated heterocycles. The monoisotopic (exact) mass is 260 g/mol. The number of methoxy groups -OCH3 is 1. The Bertz CT molecular complexity index is 475. The number of pyridine rings is 1. The summed E-state index contributed by atoms with van der Waals surface area (Å²) >= 11 is 0. The van der Waals surface area contributed by atoms with Gasteiger partial charge in [0.25, 0.3) is 0 Å². The predicted molar refractivity (Wildman–Crippen MR) is 72.1 cm³/mol. The molecule has 3 atom stereocenters. The molecule has 1 fully saturated rings. The Kier molecular flexibility index (Phi) is 3.62. The molecule has 0 bridgehead atoms. The maximum atomic E-state index is 12.7. The highest BCUT2D eigenvalue weighted by atomic mass is 16.5. The molecule has 3 rings (SSSR count). The zero-order valence-corrected chi connectivity index (χ0v) is 11.3. The summed E-state index contributed by atoms with van der Waals surface area (Å²) in [6.07, 6.45) is 5.80. The molecule has 0 aromatic carbocycles. The third-order valence-electron chi connectivity index (χ3n) is 4.31. The first-order valence-electron chi connectivity index (χ1n) is 7.03. The molecule has 1 aromatic heterocycles. The van der Waals surface area contributed by atoms with E-state index in [-0.39, 0.29) is 18.1 Å². The fourth-order valence-corrected chi connectivity index (χ4v) is 3.23. The molecule has 0 amide bonds. The van der Waals surface area contributed by atoms with Crippen molar-refractivity contribution in [2.75, 3.05) is 13.7 Å². The lowest BCUT2D eigenvalue weighted by Gasteiger charge is -2.25. The van der Waals surface area contributed by atoms with Crippen LogP contribution in [0.2, 0.25) is 0 Å². The van der Waals surface area contributed by atoms with E-state index >= 15 is 0 Å². The van der Waals surface area contributed by atoms with Gasteiger partial charge in [0.05, 0.1) is 23.8 Å². The smallest absolute Gasteiger partial charge is 0.158 e. The van der Waals surface area contributed by atoms with Gasteiger partial charge in [-0.3, -0.25) is 9.78 Å². The molecule has 102 valence electrons. The Balaban J connectivity index is 1.78. The van der Waals surface area contributed by atoms with E-state index in [1.54, 1.807) is 13.3 Å². The number of carbonyl (C=O) groups is 1. The minimum atomic E-state index is -0.0668. The van der Waals surface area contributed by atoms with E-state index in [0.717, 1.165) is 37.9 Å². The Labute approximate surface area is 113 Å². The largest absolute Gasteiger partial charge is 0.380 e. The lowest BCUT2D eigenvalue weighted by Crippen LogP contribution is -2.36. The first-order valence-corrected chi connectivity index (χ1v) is 7.03. The van der Waals surface area contributed by atoms with Crippen LogP contribution < -0.4 is 5.32 Å². The molecule has 1 aliphatic carbocycles. The highest BCUT2D eigenvalue weighted by Gasteiger charge is 2.36. The number of aryl methyl sites for hydroxylation is 1. The van der Waals surface area contributed by atoms with Crippen molar-refractivity contribution >= 4 is 5.78 Å². The molecule has 4 heteroatoms. The summed E-state index contributed by atoms with van der Waals surface area (Å²) in [5.74, 6) is 0.261. The van der Waals surface area contributed by atoms with Crippen LogP contribution >= 0.6 is 0 Å². The molecule has 0 radical (unpaired) electrons. The summed E-state index contributed by atoms with van der Waals surface area (Å²) in [5, 5.41) is 3.28. The van der Waals surface area contributed by atoms with E-state index in [4.69, 9.17) is 4.74 Å². The van der Waals surface area contributed by atoms with Crippen molar-refractivity contribution in [3.05, 3.63) is 29.6 Å². The number of ether oxygens (including phenoxy) is 1. The summed E-state index contributed by atoms with van der Waals surface area (Å²) in [6, 6.07) is 3.99. The van der Waals surface area contributed by atoms with Crippen molar-refractivity contribution in [1.82, 2.24) is 10.3 Å². The van der Waals surface area contributed by atoms with Crippen LogP contribution in [0.25, 0.3) is 0 Å². The molecule has 1 aromatic rings. The van der Waals surface area contributed by atoms with Crippen LogP contribution in [0.5, 0.6) is 0 Å². The second-order valence-electron chi connectivity index (χ2n) is 5.45. The Morgan fingerprint density at radius 2 is 2.42 bits per heavy atom. The van der Waals surface area contributed by atoms with Crippen molar-refractivity contribution in [2.24, 2.45) is 0 Å². The van der Waals surface area contributed by atoms with Crippen molar-refractivity contribution in [3.63, 3.8) is 0 Å². The molecular formula is C15H20N2O2. The van der Waals surface area contributed by atoms with Gasteiger partial charge in [-0.25, -0.2) is 0 Å². The van der Waals surface area contributed by atoms with Gasteiger partial charge in [-0.2, -0.15) is 0 Å². The summed E-state index contributed by atoms with van der Waals surface area (Å²) in [7, 11) is 1.71. The number of hydrogen-bond donors (Lipinski definition) is 1. The lowest BCUT2D eigenvalue weighted by atomic mass is 9.81. The van der Waals surface area contributed by atoms with Gasteiger partial charge in [0, 0.05) is 19.9 Å². The van der Waals surface area contributed by atoms with E-state index in [2.05, 4.69) is 16.4 Å². The van der Waals surface area contributed by atoms with E-state index < -0.39 is 0 Å². The zero-order valence-electron chi connectivity index (χ0n) is 11.3. The number of aromatic nitrogens is 1. The summed E-state index contributed by atoms with van der Waals surface area (Å²) in [5.41, 5.74) is 2.25. The van der Waals surface area contributed by atoms with Crippen LogP contribution in [0.3, 0.4) is 0 Å². The molecule has 3 unspecified atom stereocenters. The molecule has 4 nitrogen and oxygen atoms in total. The molecule has 0 spiro atoms.